The highest BCUT2D eigenvalue weighted by atomic mass is 19.1. The molecule has 2 N–H and O–H groups in total. The predicted octanol–water partition coefficient (Wildman–Crippen LogP) is 3.79. The van der Waals surface area contributed by atoms with Gasteiger partial charge in [-0.15, -0.1) is 0 Å². The van der Waals surface area contributed by atoms with E-state index in [1.165, 1.54) is 18.2 Å². The maximum absolute atomic E-state index is 13.8. The molecule has 1 amide bonds. The number of methoxy groups -OCH3 is 1. The monoisotopic (exact) mass is 325 g/mol. The summed E-state index contributed by atoms with van der Waals surface area (Å²) in [7, 11) is 1.58. The number of nitrogens with zero attached hydrogens (tertiary/aromatic N) is 1. The molecule has 1 heterocycles. The van der Waals surface area contributed by atoms with Crippen LogP contribution in [-0.2, 0) is 0 Å². The Hall–Kier alpha value is -3.15. The minimum Gasteiger partial charge on any atom is -0.497 e. The van der Waals surface area contributed by atoms with E-state index in [1.807, 2.05) is 24.3 Å². The molecule has 3 rings (SSSR count). The Balaban J connectivity index is 1.96. The van der Waals surface area contributed by atoms with Gasteiger partial charge in [0.15, 0.2) is 0 Å². The van der Waals surface area contributed by atoms with Crippen molar-refractivity contribution >= 4 is 11.6 Å². The number of aromatic nitrogens is 2. The Morgan fingerprint density at radius 3 is 2.75 bits per heavy atom. The molecule has 0 radical (unpaired) electrons. The molecule has 0 bridgehead atoms. The fourth-order valence-corrected chi connectivity index (χ4v) is 2.39. The molecule has 0 saturated carbocycles. The summed E-state index contributed by atoms with van der Waals surface area (Å²) < 4.78 is 19.0. The lowest BCUT2D eigenvalue weighted by Crippen LogP contribution is -2.14. The molecular weight excluding hydrogens is 309 g/mol. The molecular formula is C18H16FN3O2. The number of amides is 1. The van der Waals surface area contributed by atoms with Crippen LogP contribution in [0, 0.1) is 12.7 Å². The Bertz CT molecular complexity index is 889. The van der Waals surface area contributed by atoms with Gasteiger partial charge in [-0.1, -0.05) is 24.3 Å². The standard InChI is InChI=1S/C18H16FN3O2/c1-11-16(20-18(23)14-8-3-4-9-15(14)19)17(22-21-11)12-6-5-7-13(10-12)24-2/h3-10H,1-2H3,(H,20,23)(H,21,22). The molecule has 0 atom stereocenters. The lowest BCUT2D eigenvalue weighted by molar-refractivity contribution is 0.102. The fraction of sp³-hybridized carbons (Fsp3) is 0.111. The van der Waals surface area contributed by atoms with E-state index in [4.69, 9.17) is 4.74 Å². The van der Waals surface area contributed by atoms with Gasteiger partial charge in [0.1, 0.15) is 17.3 Å². The van der Waals surface area contributed by atoms with Crippen LogP contribution in [0.1, 0.15) is 16.1 Å². The molecule has 0 unspecified atom stereocenters. The summed E-state index contributed by atoms with van der Waals surface area (Å²) in [5.74, 6) is -0.416. The molecule has 5 nitrogen and oxygen atoms in total. The second-order valence-electron chi connectivity index (χ2n) is 5.24. The number of aromatic amines is 1. The highest BCUT2D eigenvalue weighted by molar-refractivity contribution is 6.06. The van der Waals surface area contributed by atoms with Gasteiger partial charge in [-0.2, -0.15) is 5.10 Å². The number of hydrogen-bond acceptors (Lipinski definition) is 3. The molecule has 122 valence electrons. The van der Waals surface area contributed by atoms with Crippen LogP contribution in [0.2, 0.25) is 0 Å². The second kappa shape index (κ2) is 6.54. The number of carbonyl (C=O) groups excluding carboxylic acids is 1. The molecule has 0 aliphatic rings. The Morgan fingerprint density at radius 2 is 2.00 bits per heavy atom. The van der Waals surface area contributed by atoms with Gasteiger partial charge in [0.05, 0.1) is 24.1 Å². The molecule has 0 aliphatic heterocycles. The average Bonchev–Trinajstić information content (AvgIpc) is 2.96. The van der Waals surface area contributed by atoms with Gasteiger partial charge in [-0.3, -0.25) is 9.89 Å². The highest BCUT2D eigenvalue weighted by Gasteiger charge is 2.18. The van der Waals surface area contributed by atoms with E-state index >= 15 is 0 Å². The summed E-state index contributed by atoms with van der Waals surface area (Å²) in [6, 6.07) is 13.2. The average molecular weight is 325 g/mol. The van der Waals surface area contributed by atoms with Gasteiger partial charge in [-0.05, 0) is 31.2 Å². The number of halogens is 1. The zero-order valence-corrected chi connectivity index (χ0v) is 13.3. The molecule has 6 heteroatoms. The lowest BCUT2D eigenvalue weighted by Gasteiger charge is -2.08. The number of carbonyl (C=O) groups is 1. The van der Waals surface area contributed by atoms with Crippen LogP contribution in [-0.4, -0.2) is 23.2 Å². The molecule has 0 aliphatic carbocycles. The van der Waals surface area contributed by atoms with Gasteiger partial charge in [-0.25, -0.2) is 4.39 Å². The van der Waals surface area contributed by atoms with Gasteiger partial charge in [0, 0.05) is 5.56 Å². The van der Waals surface area contributed by atoms with Gasteiger partial charge in [0.25, 0.3) is 5.91 Å². The van der Waals surface area contributed by atoms with Crippen LogP contribution >= 0.6 is 0 Å². The van der Waals surface area contributed by atoms with Crippen molar-refractivity contribution in [1.29, 1.82) is 0 Å². The van der Waals surface area contributed by atoms with Crippen molar-refractivity contribution in [2.45, 2.75) is 6.92 Å². The van der Waals surface area contributed by atoms with E-state index < -0.39 is 11.7 Å². The first-order chi connectivity index (χ1) is 11.6. The number of anilines is 1. The molecule has 0 spiro atoms. The van der Waals surface area contributed by atoms with Crippen LogP contribution in [0.25, 0.3) is 11.3 Å². The van der Waals surface area contributed by atoms with Crippen LogP contribution in [0.3, 0.4) is 0 Å². The van der Waals surface area contributed by atoms with Gasteiger partial charge in [0.2, 0.25) is 0 Å². The van der Waals surface area contributed by atoms with Crippen molar-refractivity contribution in [2.75, 3.05) is 12.4 Å². The van der Waals surface area contributed by atoms with Crippen LogP contribution in [0.4, 0.5) is 10.1 Å². The first kappa shape index (κ1) is 15.7. The zero-order chi connectivity index (χ0) is 17.1. The smallest absolute Gasteiger partial charge is 0.258 e. The number of H-pyrrole nitrogens is 1. The SMILES string of the molecule is COc1cccc(-c2n[nH]c(C)c2NC(=O)c2ccccc2F)c1. The van der Waals surface area contributed by atoms with Crippen LogP contribution < -0.4 is 10.1 Å². The minimum atomic E-state index is -0.570. The molecule has 1 aromatic heterocycles. The van der Waals surface area contributed by atoms with Gasteiger partial charge >= 0.3 is 0 Å². The molecule has 3 aromatic rings. The number of benzene rings is 2. The van der Waals surface area contributed by atoms with Crippen LogP contribution in [0.15, 0.2) is 48.5 Å². The minimum absolute atomic E-state index is 0.0188. The Kier molecular flexibility index (Phi) is 4.29. The predicted molar refractivity (Wildman–Crippen MR) is 89.7 cm³/mol. The summed E-state index contributed by atoms with van der Waals surface area (Å²) in [5, 5.41) is 9.83. The first-order valence-corrected chi connectivity index (χ1v) is 7.35. The topological polar surface area (TPSA) is 67.0 Å². The summed E-state index contributed by atoms with van der Waals surface area (Å²) in [5.41, 5.74) is 2.52. The molecule has 0 fully saturated rings. The molecule has 0 saturated heterocycles. The van der Waals surface area contributed by atoms with E-state index in [2.05, 4.69) is 15.5 Å². The van der Waals surface area contributed by atoms with Crippen molar-refractivity contribution < 1.29 is 13.9 Å². The third-order valence-electron chi connectivity index (χ3n) is 3.65. The summed E-state index contributed by atoms with van der Waals surface area (Å²) >= 11 is 0. The Labute approximate surface area is 138 Å². The summed E-state index contributed by atoms with van der Waals surface area (Å²) in [4.78, 5) is 12.4. The highest BCUT2D eigenvalue weighted by Crippen LogP contribution is 2.31. The largest absolute Gasteiger partial charge is 0.497 e. The number of hydrogen-bond donors (Lipinski definition) is 2. The van der Waals surface area contributed by atoms with Crippen molar-refractivity contribution in [3.8, 4) is 17.0 Å². The number of nitrogens with one attached hydrogen (secondary N) is 2. The summed E-state index contributed by atoms with van der Waals surface area (Å²) in [6.07, 6.45) is 0. The van der Waals surface area contributed by atoms with E-state index in [0.29, 0.717) is 22.8 Å². The zero-order valence-electron chi connectivity index (χ0n) is 13.3. The fourth-order valence-electron chi connectivity index (χ4n) is 2.39. The maximum atomic E-state index is 13.8. The van der Waals surface area contributed by atoms with Crippen molar-refractivity contribution in [3.63, 3.8) is 0 Å². The number of aryl methyl sites for hydroxylation is 1. The number of rotatable bonds is 4. The molecule has 24 heavy (non-hydrogen) atoms. The summed E-state index contributed by atoms with van der Waals surface area (Å²) in [6.45, 7) is 1.79. The maximum Gasteiger partial charge on any atom is 0.258 e. The lowest BCUT2D eigenvalue weighted by atomic mass is 10.1. The number of ether oxygens (including phenoxy) is 1. The van der Waals surface area contributed by atoms with E-state index in [-0.39, 0.29) is 5.56 Å². The third kappa shape index (κ3) is 2.99. The van der Waals surface area contributed by atoms with Crippen LogP contribution in [0.5, 0.6) is 5.75 Å². The van der Waals surface area contributed by atoms with E-state index in [9.17, 15) is 9.18 Å². The normalized spacial score (nSPS) is 10.5. The quantitative estimate of drug-likeness (QED) is 0.767. The van der Waals surface area contributed by atoms with E-state index in [1.54, 1.807) is 20.1 Å². The second-order valence-corrected chi connectivity index (χ2v) is 5.24. The first-order valence-electron chi connectivity index (χ1n) is 7.35. The molecule has 2 aromatic carbocycles. The van der Waals surface area contributed by atoms with Gasteiger partial charge < -0.3 is 10.1 Å². The van der Waals surface area contributed by atoms with Crippen molar-refractivity contribution in [2.24, 2.45) is 0 Å². The van der Waals surface area contributed by atoms with Crippen molar-refractivity contribution in [1.82, 2.24) is 10.2 Å². The van der Waals surface area contributed by atoms with E-state index in [0.717, 1.165) is 5.56 Å². The Morgan fingerprint density at radius 1 is 1.21 bits per heavy atom. The third-order valence-corrected chi connectivity index (χ3v) is 3.65. The van der Waals surface area contributed by atoms with Crippen molar-refractivity contribution in [3.05, 3.63) is 65.6 Å².